The molecule has 0 spiro atoms. The molecule has 156 valence electrons. The fourth-order valence-corrected chi connectivity index (χ4v) is 3.30. The Morgan fingerprint density at radius 3 is 2.13 bits per heavy atom. The lowest BCUT2D eigenvalue weighted by molar-refractivity contribution is 0.0728. The molecule has 0 heterocycles. The van der Waals surface area contributed by atoms with E-state index < -0.39 is 11.8 Å². The third kappa shape index (κ3) is 4.86. The van der Waals surface area contributed by atoms with Crippen molar-refractivity contribution in [2.45, 2.75) is 27.0 Å². The molecule has 5 heteroatoms. The van der Waals surface area contributed by atoms with Crippen molar-refractivity contribution in [2.75, 3.05) is 14.1 Å². The highest BCUT2D eigenvalue weighted by atomic mass is 19.1. The third-order valence-corrected chi connectivity index (χ3v) is 4.85. The average Bonchev–Trinajstić information content (AvgIpc) is 2.74. The normalized spacial score (nSPS) is 10.9. The molecule has 0 unspecified atom stereocenters. The Bertz CT molecular complexity index is 1020. The van der Waals surface area contributed by atoms with E-state index in [9.17, 15) is 4.79 Å². The van der Waals surface area contributed by atoms with E-state index in [-0.39, 0.29) is 17.7 Å². The number of carbonyl (C=O) groups excluding carboxylic acids is 1. The van der Waals surface area contributed by atoms with Gasteiger partial charge in [0, 0.05) is 17.7 Å². The molecule has 3 aromatic carbocycles. The summed E-state index contributed by atoms with van der Waals surface area (Å²) in [6, 6.07) is 18.4. The Morgan fingerprint density at radius 2 is 1.53 bits per heavy atom. The van der Waals surface area contributed by atoms with Crippen molar-refractivity contribution >= 4 is 5.97 Å². The first-order valence-electron chi connectivity index (χ1n) is 9.78. The molecule has 3 aromatic rings. The molecule has 4 nitrogen and oxygen atoms in total. The summed E-state index contributed by atoms with van der Waals surface area (Å²) in [4.78, 5) is 14.9. The Morgan fingerprint density at radius 1 is 0.933 bits per heavy atom. The molecule has 0 saturated heterocycles. The van der Waals surface area contributed by atoms with Gasteiger partial charge in [-0.05, 0) is 51.2 Å². The lowest BCUT2D eigenvalue weighted by Crippen LogP contribution is -2.19. The van der Waals surface area contributed by atoms with Crippen LogP contribution in [0.3, 0.4) is 0 Å². The molecule has 0 aliphatic carbocycles. The number of ether oxygens (including phenoxy) is 2. The van der Waals surface area contributed by atoms with Gasteiger partial charge in [0.15, 0.2) is 0 Å². The van der Waals surface area contributed by atoms with Crippen LogP contribution in [0.5, 0.6) is 11.5 Å². The maximum absolute atomic E-state index is 15.2. The van der Waals surface area contributed by atoms with E-state index in [1.807, 2.05) is 55.4 Å². The molecule has 0 amide bonds. The van der Waals surface area contributed by atoms with Gasteiger partial charge in [-0.25, -0.2) is 9.18 Å². The van der Waals surface area contributed by atoms with Crippen LogP contribution in [-0.4, -0.2) is 25.0 Å². The highest BCUT2D eigenvalue weighted by Gasteiger charge is 2.27. The molecular formula is C25H26FNO3. The van der Waals surface area contributed by atoms with Crippen LogP contribution in [0.1, 0.15) is 32.6 Å². The van der Waals surface area contributed by atoms with E-state index in [1.54, 1.807) is 38.1 Å². The van der Waals surface area contributed by atoms with Crippen LogP contribution in [0.4, 0.5) is 4.39 Å². The number of benzene rings is 3. The van der Waals surface area contributed by atoms with Crippen LogP contribution in [0, 0.1) is 19.7 Å². The highest BCUT2D eigenvalue weighted by molar-refractivity contribution is 5.96. The van der Waals surface area contributed by atoms with Crippen LogP contribution in [-0.2, 0) is 13.2 Å². The quantitative estimate of drug-likeness (QED) is 0.393. The Hall–Kier alpha value is -3.18. The number of hydrogen-bond acceptors (Lipinski definition) is 4. The van der Waals surface area contributed by atoms with Crippen molar-refractivity contribution in [1.29, 1.82) is 0 Å². The topological polar surface area (TPSA) is 38.8 Å². The minimum atomic E-state index is -0.639. The molecule has 0 aliphatic heterocycles. The summed E-state index contributed by atoms with van der Waals surface area (Å²) in [7, 11) is 3.74. The standard InChI is InChI=1S/C25H26FNO3/c1-17-21(15-27(3)4)23(26)18(2)22(25(28)30-20-13-9-6-10-14-20)24(17)29-16-19-11-7-5-8-12-19/h5-14H,15-16H2,1-4H3. The zero-order valence-electron chi connectivity index (χ0n) is 17.7. The molecule has 3 rings (SSSR count). The lowest BCUT2D eigenvalue weighted by Gasteiger charge is -2.21. The summed E-state index contributed by atoms with van der Waals surface area (Å²) in [5.74, 6) is -0.296. The molecule has 0 fully saturated rings. The smallest absolute Gasteiger partial charge is 0.347 e. The Labute approximate surface area is 176 Å². The predicted octanol–water partition coefficient (Wildman–Crippen LogP) is 5.30. The predicted molar refractivity (Wildman–Crippen MR) is 115 cm³/mol. The van der Waals surface area contributed by atoms with E-state index in [2.05, 4.69) is 0 Å². The van der Waals surface area contributed by atoms with E-state index in [0.717, 1.165) is 5.56 Å². The fraction of sp³-hybridized carbons (Fsp3) is 0.240. The van der Waals surface area contributed by atoms with Gasteiger partial charge in [0.25, 0.3) is 0 Å². The van der Waals surface area contributed by atoms with Gasteiger partial charge >= 0.3 is 5.97 Å². The number of carbonyl (C=O) groups is 1. The zero-order chi connectivity index (χ0) is 21.7. The summed E-state index contributed by atoms with van der Waals surface area (Å²) < 4.78 is 26.8. The molecular weight excluding hydrogens is 381 g/mol. The van der Waals surface area contributed by atoms with Gasteiger partial charge < -0.3 is 14.4 Å². The van der Waals surface area contributed by atoms with E-state index in [4.69, 9.17) is 9.47 Å². The van der Waals surface area contributed by atoms with E-state index >= 15 is 4.39 Å². The molecule has 0 bridgehead atoms. The van der Waals surface area contributed by atoms with Gasteiger partial charge in [-0.2, -0.15) is 0 Å². The Kier molecular flexibility index (Phi) is 6.85. The molecule has 30 heavy (non-hydrogen) atoms. The second kappa shape index (κ2) is 9.55. The summed E-state index contributed by atoms with van der Waals surface area (Å²) in [6.07, 6.45) is 0. The van der Waals surface area contributed by atoms with E-state index in [0.29, 0.717) is 29.2 Å². The van der Waals surface area contributed by atoms with Crippen molar-refractivity contribution in [3.8, 4) is 11.5 Å². The molecule has 0 N–H and O–H groups in total. The summed E-state index contributed by atoms with van der Waals surface area (Å²) in [6.45, 7) is 4.03. The van der Waals surface area contributed by atoms with Crippen LogP contribution >= 0.6 is 0 Å². The minimum absolute atomic E-state index is 0.118. The van der Waals surface area contributed by atoms with Crippen LogP contribution in [0.25, 0.3) is 0 Å². The van der Waals surface area contributed by atoms with Gasteiger partial charge in [0.05, 0.1) is 0 Å². The first-order chi connectivity index (χ1) is 14.4. The number of halogens is 1. The third-order valence-electron chi connectivity index (χ3n) is 4.85. The van der Waals surface area contributed by atoms with Gasteiger partial charge in [0.1, 0.15) is 29.5 Å². The van der Waals surface area contributed by atoms with E-state index in [1.165, 1.54) is 0 Å². The SMILES string of the molecule is Cc1c(CN(C)C)c(F)c(C)c(C(=O)Oc2ccccc2)c1OCc1ccccc1. The molecule has 0 aliphatic rings. The van der Waals surface area contributed by atoms with Crippen LogP contribution in [0.2, 0.25) is 0 Å². The second-order valence-electron chi connectivity index (χ2n) is 7.46. The van der Waals surface area contributed by atoms with Gasteiger partial charge in [-0.15, -0.1) is 0 Å². The number of hydrogen-bond donors (Lipinski definition) is 0. The molecule has 0 atom stereocenters. The van der Waals surface area contributed by atoms with Crippen molar-refractivity contribution in [2.24, 2.45) is 0 Å². The van der Waals surface area contributed by atoms with Crippen LogP contribution < -0.4 is 9.47 Å². The largest absolute Gasteiger partial charge is 0.488 e. The Balaban J connectivity index is 2.04. The number of esters is 1. The second-order valence-corrected chi connectivity index (χ2v) is 7.46. The maximum Gasteiger partial charge on any atom is 0.347 e. The van der Waals surface area contributed by atoms with Crippen molar-refractivity contribution in [3.63, 3.8) is 0 Å². The molecule has 0 radical (unpaired) electrons. The monoisotopic (exact) mass is 407 g/mol. The minimum Gasteiger partial charge on any atom is -0.488 e. The highest BCUT2D eigenvalue weighted by Crippen LogP contribution is 2.35. The number of para-hydroxylation sites is 1. The van der Waals surface area contributed by atoms with Gasteiger partial charge in [-0.1, -0.05) is 48.5 Å². The number of rotatable bonds is 7. The van der Waals surface area contributed by atoms with Crippen molar-refractivity contribution < 1.29 is 18.7 Å². The number of nitrogens with zero attached hydrogens (tertiary/aromatic N) is 1. The first-order valence-corrected chi connectivity index (χ1v) is 9.78. The fourth-order valence-electron chi connectivity index (χ4n) is 3.30. The van der Waals surface area contributed by atoms with Crippen molar-refractivity contribution in [3.05, 3.63) is 94.3 Å². The summed E-state index contributed by atoms with van der Waals surface area (Å²) in [5.41, 5.74) is 2.41. The van der Waals surface area contributed by atoms with Gasteiger partial charge in [-0.3, -0.25) is 0 Å². The lowest BCUT2D eigenvalue weighted by atomic mass is 9.96. The summed E-state index contributed by atoms with van der Waals surface area (Å²) >= 11 is 0. The molecule has 0 saturated carbocycles. The first kappa shape index (κ1) is 21.5. The van der Waals surface area contributed by atoms with Gasteiger partial charge in [0.2, 0.25) is 0 Å². The van der Waals surface area contributed by atoms with Crippen LogP contribution in [0.15, 0.2) is 60.7 Å². The average molecular weight is 407 g/mol. The zero-order valence-corrected chi connectivity index (χ0v) is 17.7. The molecule has 0 aromatic heterocycles. The summed E-state index contributed by atoms with van der Waals surface area (Å²) in [5, 5.41) is 0. The van der Waals surface area contributed by atoms with Crippen molar-refractivity contribution in [1.82, 2.24) is 4.90 Å². The maximum atomic E-state index is 15.2.